The van der Waals surface area contributed by atoms with Gasteiger partial charge in [-0.2, -0.15) is 8.78 Å². The van der Waals surface area contributed by atoms with Gasteiger partial charge >= 0.3 is 6.61 Å². The molecule has 1 heterocycles. The van der Waals surface area contributed by atoms with E-state index in [0.29, 0.717) is 6.42 Å². The topological polar surface area (TPSA) is 72.5 Å². The molecular weight excluding hydrogens is 292 g/mol. The van der Waals surface area contributed by atoms with Crippen LogP contribution in [0.5, 0.6) is 5.75 Å². The molecule has 1 unspecified atom stereocenters. The second kappa shape index (κ2) is 5.74. The van der Waals surface area contributed by atoms with E-state index in [4.69, 9.17) is 0 Å². The molecule has 8 heteroatoms. The SMILES string of the molecule is O=C(NC1CCS(=O)(=O)C1)c1cccc(OC(F)F)c1. The van der Waals surface area contributed by atoms with E-state index >= 15 is 0 Å². The zero-order valence-corrected chi connectivity index (χ0v) is 11.2. The summed E-state index contributed by atoms with van der Waals surface area (Å²) in [5.74, 6) is -0.670. The van der Waals surface area contributed by atoms with Crippen LogP contribution in [0.4, 0.5) is 8.78 Å². The van der Waals surface area contributed by atoms with Crippen molar-refractivity contribution in [3.05, 3.63) is 29.8 Å². The molecule has 5 nitrogen and oxygen atoms in total. The quantitative estimate of drug-likeness (QED) is 0.907. The number of hydrogen-bond acceptors (Lipinski definition) is 4. The summed E-state index contributed by atoms with van der Waals surface area (Å²) < 4.78 is 50.9. The van der Waals surface area contributed by atoms with E-state index < -0.39 is 28.4 Å². The van der Waals surface area contributed by atoms with Gasteiger partial charge in [0.2, 0.25) is 0 Å². The monoisotopic (exact) mass is 305 g/mol. The number of sulfone groups is 1. The van der Waals surface area contributed by atoms with Gasteiger partial charge in [0.15, 0.2) is 9.84 Å². The van der Waals surface area contributed by atoms with Crippen LogP contribution in [0.15, 0.2) is 24.3 Å². The molecule has 0 aliphatic carbocycles. The summed E-state index contributed by atoms with van der Waals surface area (Å²) in [7, 11) is -3.09. The Bertz CT molecular complexity index is 603. The van der Waals surface area contributed by atoms with Crippen molar-refractivity contribution in [3.8, 4) is 5.75 Å². The predicted molar refractivity (Wildman–Crippen MR) is 67.6 cm³/mol. The fraction of sp³-hybridized carbons (Fsp3) is 0.417. The normalized spacial score (nSPS) is 20.9. The molecular formula is C12H13F2NO4S. The maximum absolute atomic E-state index is 12.1. The summed E-state index contributed by atoms with van der Waals surface area (Å²) in [5.41, 5.74) is 0.146. The highest BCUT2D eigenvalue weighted by Gasteiger charge is 2.29. The molecule has 1 aliphatic heterocycles. The van der Waals surface area contributed by atoms with Crippen molar-refractivity contribution < 1.29 is 26.7 Å². The van der Waals surface area contributed by atoms with Crippen molar-refractivity contribution in [2.75, 3.05) is 11.5 Å². The number of rotatable bonds is 4. The second-order valence-electron chi connectivity index (χ2n) is 4.48. The number of carbonyl (C=O) groups excluding carboxylic acids is 1. The summed E-state index contributed by atoms with van der Waals surface area (Å²) in [6.07, 6.45) is 0.362. The summed E-state index contributed by atoms with van der Waals surface area (Å²) in [6, 6.07) is 4.91. The maximum atomic E-state index is 12.1. The first-order valence-electron chi connectivity index (χ1n) is 5.92. The third kappa shape index (κ3) is 3.89. The van der Waals surface area contributed by atoms with Crippen LogP contribution < -0.4 is 10.1 Å². The van der Waals surface area contributed by atoms with Gasteiger partial charge in [-0.15, -0.1) is 0 Å². The number of nitrogens with one attached hydrogen (secondary N) is 1. The number of alkyl halides is 2. The maximum Gasteiger partial charge on any atom is 0.387 e. The molecule has 0 saturated carbocycles. The minimum Gasteiger partial charge on any atom is -0.435 e. The fourth-order valence-corrected chi connectivity index (χ4v) is 3.66. The van der Waals surface area contributed by atoms with Crippen LogP contribution in [0.3, 0.4) is 0 Å². The average Bonchev–Trinajstić information content (AvgIpc) is 2.68. The molecule has 0 spiro atoms. The summed E-state index contributed by atoms with van der Waals surface area (Å²) in [5, 5.41) is 2.57. The van der Waals surface area contributed by atoms with Gasteiger partial charge in [-0.1, -0.05) is 6.07 Å². The zero-order chi connectivity index (χ0) is 14.8. The Balaban J connectivity index is 2.02. The van der Waals surface area contributed by atoms with Gasteiger partial charge in [0.1, 0.15) is 5.75 Å². The lowest BCUT2D eigenvalue weighted by Crippen LogP contribution is -2.35. The van der Waals surface area contributed by atoms with Crippen LogP contribution in [-0.2, 0) is 9.84 Å². The van der Waals surface area contributed by atoms with E-state index in [9.17, 15) is 22.0 Å². The van der Waals surface area contributed by atoms with Crippen molar-refractivity contribution in [2.24, 2.45) is 0 Å². The van der Waals surface area contributed by atoms with E-state index in [0.717, 1.165) is 0 Å². The van der Waals surface area contributed by atoms with Gasteiger partial charge in [-0.3, -0.25) is 4.79 Å². The Labute approximate surface area is 114 Å². The molecule has 0 aromatic heterocycles. The van der Waals surface area contributed by atoms with Crippen molar-refractivity contribution in [1.82, 2.24) is 5.32 Å². The molecule has 1 aromatic rings. The average molecular weight is 305 g/mol. The van der Waals surface area contributed by atoms with Gasteiger partial charge in [0.05, 0.1) is 11.5 Å². The van der Waals surface area contributed by atoms with Gasteiger partial charge in [0, 0.05) is 11.6 Å². The number of ether oxygens (including phenoxy) is 1. The number of amides is 1. The van der Waals surface area contributed by atoms with Crippen molar-refractivity contribution in [2.45, 2.75) is 19.1 Å². The van der Waals surface area contributed by atoms with Crippen LogP contribution in [0, 0.1) is 0 Å². The molecule has 20 heavy (non-hydrogen) atoms. The van der Waals surface area contributed by atoms with E-state index in [-0.39, 0.29) is 22.8 Å². The van der Waals surface area contributed by atoms with Crippen LogP contribution in [0.25, 0.3) is 0 Å². The first-order chi connectivity index (χ1) is 9.35. The number of hydrogen-bond donors (Lipinski definition) is 1. The standard InChI is InChI=1S/C12H13F2NO4S/c13-12(14)19-10-3-1-2-8(6-10)11(16)15-9-4-5-20(17,18)7-9/h1-3,6,9,12H,4-5,7H2,(H,15,16). The van der Waals surface area contributed by atoms with Gasteiger partial charge in [0.25, 0.3) is 5.91 Å². The third-order valence-corrected chi connectivity index (χ3v) is 4.66. The highest BCUT2D eigenvalue weighted by Crippen LogP contribution is 2.17. The minimum atomic E-state index is -3.09. The number of halogens is 2. The molecule has 1 amide bonds. The van der Waals surface area contributed by atoms with Crippen molar-refractivity contribution in [1.29, 1.82) is 0 Å². The van der Waals surface area contributed by atoms with Crippen LogP contribution >= 0.6 is 0 Å². The van der Waals surface area contributed by atoms with Crippen molar-refractivity contribution in [3.63, 3.8) is 0 Å². The molecule has 0 radical (unpaired) electrons. The molecule has 1 fully saturated rings. The Morgan fingerprint density at radius 1 is 1.40 bits per heavy atom. The minimum absolute atomic E-state index is 0.0481. The smallest absolute Gasteiger partial charge is 0.387 e. The summed E-state index contributed by atoms with van der Waals surface area (Å²) in [4.78, 5) is 11.9. The first-order valence-corrected chi connectivity index (χ1v) is 7.74. The molecule has 1 atom stereocenters. The largest absolute Gasteiger partial charge is 0.435 e. The predicted octanol–water partition coefficient (Wildman–Crippen LogP) is 1.20. The third-order valence-electron chi connectivity index (χ3n) is 2.89. The van der Waals surface area contributed by atoms with Gasteiger partial charge < -0.3 is 10.1 Å². The van der Waals surface area contributed by atoms with E-state index in [1.165, 1.54) is 24.3 Å². The number of benzene rings is 1. The lowest BCUT2D eigenvalue weighted by atomic mass is 10.2. The Kier molecular flexibility index (Phi) is 4.22. The van der Waals surface area contributed by atoms with Crippen LogP contribution in [-0.4, -0.2) is 38.5 Å². The summed E-state index contributed by atoms with van der Waals surface area (Å²) in [6.45, 7) is -2.96. The Hall–Kier alpha value is -1.70. The second-order valence-corrected chi connectivity index (χ2v) is 6.71. The lowest BCUT2D eigenvalue weighted by Gasteiger charge is -2.11. The Morgan fingerprint density at radius 2 is 2.15 bits per heavy atom. The van der Waals surface area contributed by atoms with Gasteiger partial charge in [-0.05, 0) is 24.6 Å². The molecule has 1 N–H and O–H groups in total. The molecule has 110 valence electrons. The molecule has 0 bridgehead atoms. The zero-order valence-electron chi connectivity index (χ0n) is 10.4. The summed E-state index contributed by atoms with van der Waals surface area (Å²) >= 11 is 0. The molecule has 2 rings (SSSR count). The number of carbonyl (C=O) groups is 1. The Morgan fingerprint density at radius 3 is 2.75 bits per heavy atom. The molecule has 1 aliphatic rings. The highest BCUT2D eigenvalue weighted by molar-refractivity contribution is 7.91. The van der Waals surface area contributed by atoms with Gasteiger partial charge in [-0.25, -0.2) is 8.42 Å². The highest BCUT2D eigenvalue weighted by atomic mass is 32.2. The lowest BCUT2D eigenvalue weighted by molar-refractivity contribution is -0.0498. The fourth-order valence-electron chi connectivity index (χ4n) is 1.99. The van der Waals surface area contributed by atoms with E-state index in [2.05, 4.69) is 10.1 Å². The van der Waals surface area contributed by atoms with Crippen LogP contribution in [0.2, 0.25) is 0 Å². The van der Waals surface area contributed by atoms with Crippen LogP contribution in [0.1, 0.15) is 16.8 Å². The van der Waals surface area contributed by atoms with E-state index in [1.807, 2.05) is 0 Å². The van der Waals surface area contributed by atoms with Crippen molar-refractivity contribution >= 4 is 15.7 Å². The molecule has 1 aromatic carbocycles. The molecule has 1 saturated heterocycles. The first kappa shape index (κ1) is 14.7. The van der Waals surface area contributed by atoms with E-state index in [1.54, 1.807) is 0 Å².